The number of amides is 1. The van der Waals surface area contributed by atoms with Crippen LogP contribution in [-0.4, -0.2) is 37.0 Å². The Kier molecular flexibility index (Phi) is 4.96. The van der Waals surface area contributed by atoms with Crippen molar-refractivity contribution in [1.82, 2.24) is 10.2 Å². The summed E-state index contributed by atoms with van der Waals surface area (Å²) < 4.78 is 32.7. The second kappa shape index (κ2) is 7.44. The van der Waals surface area contributed by atoms with Crippen molar-refractivity contribution in [1.29, 1.82) is 0 Å². The van der Waals surface area contributed by atoms with E-state index in [0.29, 0.717) is 36.2 Å². The summed E-state index contributed by atoms with van der Waals surface area (Å²) in [6, 6.07) is 17.3. The maximum absolute atomic E-state index is 13.4. The third-order valence-corrected chi connectivity index (χ3v) is 5.25. The van der Waals surface area contributed by atoms with E-state index in [-0.39, 0.29) is 11.5 Å². The molecule has 0 aromatic heterocycles. The average molecular weight is 396 g/mol. The summed E-state index contributed by atoms with van der Waals surface area (Å²) in [4.78, 5) is 14.4. The van der Waals surface area contributed by atoms with Crippen molar-refractivity contribution in [3.63, 3.8) is 0 Å². The zero-order valence-electron chi connectivity index (χ0n) is 16.3. The molecule has 29 heavy (non-hydrogen) atoms. The Labute approximate surface area is 168 Å². The highest BCUT2D eigenvalue weighted by atomic mass is 19.3. The summed E-state index contributed by atoms with van der Waals surface area (Å²) in [5.74, 6) is -1.79. The number of likely N-dealkylation sites (tertiary alicyclic amines) is 1. The number of carbonyl (C=O) groups is 1. The molecule has 0 aliphatic carbocycles. The standard InChI is InChI=1S/C23H22F2N2O2/c1-23(24,25)17-7-9-19(10-8-17)29-21-5-3-4-15-12-16(6-11-20(15)21)22(28)27-13-18(14-27)26-2/h3-12,18,26H,13-14H2,1-2H3. The average Bonchev–Trinajstić information content (AvgIpc) is 2.66. The first kappa shape index (κ1) is 19.3. The summed E-state index contributed by atoms with van der Waals surface area (Å²) in [6.45, 7) is 2.29. The number of benzene rings is 3. The Bertz CT molecular complexity index is 1040. The maximum Gasteiger partial charge on any atom is 0.270 e. The van der Waals surface area contributed by atoms with E-state index in [1.807, 2.05) is 42.3 Å². The summed E-state index contributed by atoms with van der Waals surface area (Å²) in [6.07, 6.45) is 0. The Morgan fingerprint density at radius 1 is 1.10 bits per heavy atom. The number of likely N-dealkylation sites (N-methyl/N-ethyl adjacent to an activating group) is 1. The van der Waals surface area contributed by atoms with Gasteiger partial charge in [-0.2, -0.15) is 0 Å². The van der Waals surface area contributed by atoms with Crippen LogP contribution < -0.4 is 10.1 Å². The van der Waals surface area contributed by atoms with Gasteiger partial charge in [0, 0.05) is 42.6 Å². The van der Waals surface area contributed by atoms with Crippen LogP contribution in [0.4, 0.5) is 8.78 Å². The predicted molar refractivity (Wildman–Crippen MR) is 109 cm³/mol. The van der Waals surface area contributed by atoms with Crippen LogP contribution in [0.1, 0.15) is 22.8 Å². The molecule has 4 nitrogen and oxygen atoms in total. The van der Waals surface area contributed by atoms with E-state index in [2.05, 4.69) is 5.32 Å². The first-order valence-corrected chi connectivity index (χ1v) is 9.50. The largest absolute Gasteiger partial charge is 0.457 e. The third kappa shape index (κ3) is 3.93. The molecule has 1 fully saturated rings. The molecule has 150 valence electrons. The molecule has 1 aliphatic heterocycles. The van der Waals surface area contributed by atoms with Gasteiger partial charge in [-0.25, -0.2) is 8.78 Å². The van der Waals surface area contributed by atoms with Crippen molar-refractivity contribution >= 4 is 16.7 Å². The normalized spacial score (nSPS) is 14.7. The van der Waals surface area contributed by atoms with E-state index in [1.54, 1.807) is 6.07 Å². The number of alkyl halides is 2. The van der Waals surface area contributed by atoms with Gasteiger partial charge >= 0.3 is 0 Å². The van der Waals surface area contributed by atoms with E-state index in [0.717, 1.165) is 17.7 Å². The number of hydrogen-bond acceptors (Lipinski definition) is 3. The molecule has 0 spiro atoms. The van der Waals surface area contributed by atoms with Crippen LogP contribution in [0.15, 0.2) is 60.7 Å². The van der Waals surface area contributed by atoms with Gasteiger partial charge in [0.25, 0.3) is 11.8 Å². The lowest BCUT2D eigenvalue weighted by molar-refractivity contribution is 0.0174. The van der Waals surface area contributed by atoms with E-state index in [1.165, 1.54) is 24.3 Å². The number of carbonyl (C=O) groups excluding carboxylic acids is 1. The molecule has 1 saturated heterocycles. The smallest absolute Gasteiger partial charge is 0.270 e. The van der Waals surface area contributed by atoms with Crippen LogP contribution in [0.2, 0.25) is 0 Å². The van der Waals surface area contributed by atoms with Gasteiger partial charge in [0.15, 0.2) is 0 Å². The SMILES string of the molecule is CNC1CN(C(=O)c2ccc3c(Oc4ccc(C(C)(F)F)cc4)cccc3c2)C1. The third-order valence-electron chi connectivity index (χ3n) is 5.25. The van der Waals surface area contributed by atoms with Crippen LogP contribution in [0, 0.1) is 0 Å². The fourth-order valence-corrected chi connectivity index (χ4v) is 3.43. The lowest BCUT2D eigenvalue weighted by Crippen LogP contribution is -2.58. The van der Waals surface area contributed by atoms with Crippen LogP contribution in [0.3, 0.4) is 0 Å². The van der Waals surface area contributed by atoms with Gasteiger partial charge in [-0.15, -0.1) is 0 Å². The topological polar surface area (TPSA) is 41.6 Å². The van der Waals surface area contributed by atoms with E-state index < -0.39 is 5.92 Å². The maximum atomic E-state index is 13.4. The zero-order chi connectivity index (χ0) is 20.6. The van der Waals surface area contributed by atoms with Crippen LogP contribution in [-0.2, 0) is 5.92 Å². The Morgan fingerprint density at radius 3 is 2.48 bits per heavy atom. The predicted octanol–water partition coefficient (Wildman–Crippen LogP) is 4.79. The lowest BCUT2D eigenvalue weighted by Gasteiger charge is -2.39. The molecule has 0 atom stereocenters. The van der Waals surface area contributed by atoms with Crippen molar-refractivity contribution < 1.29 is 18.3 Å². The lowest BCUT2D eigenvalue weighted by atomic mass is 10.0. The second-order valence-corrected chi connectivity index (χ2v) is 7.40. The van der Waals surface area contributed by atoms with Gasteiger partial charge in [0.2, 0.25) is 0 Å². The summed E-state index contributed by atoms with van der Waals surface area (Å²) >= 11 is 0. The van der Waals surface area contributed by atoms with Crippen molar-refractivity contribution in [3.05, 3.63) is 71.8 Å². The van der Waals surface area contributed by atoms with Crippen molar-refractivity contribution in [2.45, 2.75) is 18.9 Å². The molecular formula is C23H22F2N2O2. The van der Waals surface area contributed by atoms with Crippen molar-refractivity contribution in [3.8, 4) is 11.5 Å². The molecule has 1 heterocycles. The van der Waals surface area contributed by atoms with Gasteiger partial charge in [-0.3, -0.25) is 4.79 Å². The molecule has 0 saturated carbocycles. The van der Waals surface area contributed by atoms with Crippen molar-refractivity contribution in [2.75, 3.05) is 20.1 Å². The molecule has 1 aliphatic rings. The monoisotopic (exact) mass is 396 g/mol. The number of fused-ring (bicyclic) bond motifs is 1. The minimum atomic E-state index is -2.88. The quantitative estimate of drug-likeness (QED) is 0.674. The highest BCUT2D eigenvalue weighted by Gasteiger charge is 2.30. The molecule has 6 heteroatoms. The Morgan fingerprint density at radius 2 is 1.83 bits per heavy atom. The molecule has 3 aromatic rings. The fourth-order valence-electron chi connectivity index (χ4n) is 3.43. The van der Waals surface area contributed by atoms with Gasteiger partial charge in [0.05, 0.1) is 0 Å². The minimum Gasteiger partial charge on any atom is -0.457 e. The second-order valence-electron chi connectivity index (χ2n) is 7.40. The number of hydrogen-bond donors (Lipinski definition) is 1. The van der Waals surface area contributed by atoms with Gasteiger partial charge in [-0.05, 0) is 61.0 Å². The molecular weight excluding hydrogens is 374 g/mol. The number of halogens is 2. The molecule has 0 bridgehead atoms. The van der Waals surface area contributed by atoms with Crippen LogP contribution in [0.25, 0.3) is 10.8 Å². The van der Waals surface area contributed by atoms with E-state index >= 15 is 0 Å². The van der Waals surface area contributed by atoms with Gasteiger partial charge in [0.1, 0.15) is 11.5 Å². The first-order chi connectivity index (χ1) is 13.8. The van der Waals surface area contributed by atoms with Crippen LogP contribution in [0.5, 0.6) is 11.5 Å². The van der Waals surface area contributed by atoms with E-state index in [9.17, 15) is 13.6 Å². The summed E-state index contributed by atoms with van der Waals surface area (Å²) in [5, 5.41) is 4.90. The Hall–Kier alpha value is -2.99. The zero-order valence-corrected chi connectivity index (χ0v) is 16.3. The number of ether oxygens (including phenoxy) is 1. The molecule has 0 unspecified atom stereocenters. The minimum absolute atomic E-state index is 0.0146. The van der Waals surface area contributed by atoms with Crippen molar-refractivity contribution in [2.24, 2.45) is 0 Å². The summed E-state index contributed by atoms with van der Waals surface area (Å²) in [5.41, 5.74) is 0.580. The molecule has 1 amide bonds. The molecule has 0 radical (unpaired) electrons. The Balaban J connectivity index is 1.56. The number of nitrogens with zero attached hydrogens (tertiary/aromatic N) is 1. The highest BCUT2D eigenvalue weighted by Crippen LogP contribution is 2.33. The van der Waals surface area contributed by atoms with E-state index in [4.69, 9.17) is 4.74 Å². The van der Waals surface area contributed by atoms with Crippen LogP contribution >= 0.6 is 0 Å². The fraction of sp³-hybridized carbons (Fsp3) is 0.261. The number of rotatable bonds is 5. The number of nitrogens with one attached hydrogen (secondary N) is 1. The molecule has 1 N–H and O–H groups in total. The first-order valence-electron chi connectivity index (χ1n) is 9.50. The molecule has 4 rings (SSSR count). The summed E-state index contributed by atoms with van der Waals surface area (Å²) in [7, 11) is 1.89. The van der Waals surface area contributed by atoms with Gasteiger partial charge < -0.3 is 15.0 Å². The highest BCUT2D eigenvalue weighted by molar-refractivity contribution is 6.00. The molecule has 3 aromatic carbocycles. The van der Waals surface area contributed by atoms with Gasteiger partial charge in [-0.1, -0.05) is 12.1 Å².